The van der Waals surface area contributed by atoms with Crippen molar-refractivity contribution >= 4 is 43.1 Å². The summed E-state index contributed by atoms with van der Waals surface area (Å²) < 4.78 is 30.7. The molecule has 0 fully saturated rings. The van der Waals surface area contributed by atoms with E-state index in [0.29, 0.717) is 28.4 Å². The number of aryl methyl sites for hydroxylation is 2. The molecule has 9 heteroatoms. The molecule has 0 radical (unpaired) electrons. The number of anilines is 1. The average molecular weight is 432 g/mol. The molecule has 29 heavy (non-hydrogen) atoms. The average Bonchev–Trinajstić information content (AvgIpc) is 3.03. The van der Waals surface area contributed by atoms with Crippen molar-refractivity contribution in [3.63, 3.8) is 0 Å². The van der Waals surface area contributed by atoms with E-state index in [9.17, 15) is 18.3 Å². The normalized spacial score (nSPS) is 15.2. The number of thiophene rings is 1. The quantitative estimate of drug-likeness (QED) is 0.656. The van der Waals surface area contributed by atoms with Crippen LogP contribution in [-0.2, 0) is 16.6 Å². The summed E-state index contributed by atoms with van der Waals surface area (Å²) in [4.78, 5) is 14.1. The topological polar surface area (TPSA) is 101 Å². The Labute approximate surface area is 172 Å². The SMILES string of the molecule is Cc1csc2c1c(O)c(C1=NS(=O)(=O)c3ccccc3N1)c(=O)n2CCC(C)C. The van der Waals surface area contributed by atoms with E-state index in [1.165, 1.54) is 17.4 Å². The zero-order valence-corrected chi connectivity index (χ0v) is 17.9. The van der Waals surface area contributed by atoms with Crippen molar-refractivity contribution in [2.75, 3.05) is 5.32 Å². The molecule has 0 unspecified atom stereocenters. The number of amidine groups is 1. The van der Waals surface area contributed by atoms with Gasteiger partial charge in [-0.1, -0.05) is 26.0 Å². The Bertz CT molecular complexity index is 1320. The van der Waals surface area contributed by atoms with E-state index in [2.05, 4.69) is 23.6 Å². The van der Waals surface area contributed by atoms with Crippen LogP contribution in [-0.4, -0.2) is 23.9 Å². The molecule has 0 saturated carbocycles. The monoisotopic (exact) mass is 431 g/mol. The van der Waals surface area contributed by atoms with Crippen molar-refractivity contribution < 1.29 is 13.5 Å². The number of sulfonamides is 1. The maximum atomic E-state index is 13.3. The number of benzene rings is 1. The molecular weight excluding hydrogens is 410 g/mol. The van der Waals surface area contributed by atoms with Gasteiger partial charge in [0.25, 0.3) is 15.6 Å². The van der Waals surface area contributed by atoms with Crippen LogP contribution < -0.4 is 10.9 Å². The summed E-state index contributed by atoms with van der Waals surface area (Å²) in [6.45, 7) is 6.46. The van der Waals surface area contributed by atoms with Crippen LogP contribution in [0, 0.1) is 12.8 Å². The number of aromatic hydroxyl groups is 1. The van der Waals surface area contributed by atoms with Crippen LogP contribution in [0.4, 0.5) is 5.69 Å². The Morgan fingerprint density at radius 2 is 2.00 bits per heavy atom. The van der Waals surface area contributed by atoms with Gasteiger partial charge in [-0.25, -0.2) is 0 Å². The zero-order chi connectivity index (χ0) is 20.9. The molecule has 1 aliphatic heterocycles. The van der Waals surface area contributed by atoms with Crippen molar-refractivity contribution in [3.05, 3.63) is 51.1 Å². The molecule has 3 heterocycles. The van der Waals surface area contributed by atoms with Crippen LogP contribution in [0.25, 0.3) is 10.2 Å². The molecule has 0 spiro atoms. The minimum Gasteiger partial charge on any atom is -0.506 e. The first-order valence-electron chi connectivity index (χ1n) is 9.25. The lowest BCUT2D eigenvalue weighted by atomic mass is 10.1. The van der Waals surface area contributed by atoms with Gasteiger partial charge < -0.3 is 10.4 Å². The number of hydrogen-bond donors (Lipinski definition) is 2. The van der Waals surface area contributed by atoms with Crippen molar-refractivity contribution in [3.8, 4) is 5.75 Å². The molecular formula is C20H21N3O4S2. The highest BCUT2D eigenvalue weighted by molar-refractivity contribution is 7.90. The number of hydrogen-bond acceptors (Lipinski definition) is 6. The lowest BCUT2D eigenvalue weighted by molar-refractivity contribution is 0.474. The van der Waals surface area contributed by atoms with E-state index in [1.54, 1.807) is 22.8 Å². The summed E-state index contributed by atoms with van der Waals surface area (Å²) in [7, 11) is -3.99. The molecule has 3 aromatic rings. The predicted octanol–water partition coefficient (Wildman–Crippen LogP) is 3.68. The fourth-order valence-electron chi connectivity index (χ4n) is 3.40. The molecule has 2 aromatic heterocycles. The summed E-state index contributed by atoms with van der Waals surface area (Å²) in [6.07, 6.45) is 0.775. The Hall–Kier alpha value is -2.65. The van der Waals surface area contributed by atoms with Gasteiger partial charge in [-0.3, -0.25) is 9.36 Å². The molecule has 0 bridgehead atoms. The number of nitrogens with one attached hydrogen (secondary N) is 1. The molecule has 0 saturated heterocycles. The number of pyridine rings is 1. The standard InChI is InChI=1S/C20H21N3O4S2/c1-11(2)8-9-23-19(25)16(17(24)15-12(3)10-28-20(15)23)18-21-13-6-4-5-7-14(13)29(26,27)22-18/h4-7,10-11,24H,8-9H2,1-3H3,(H,21,22). The highest BCUT2D eigenvalue weighted by atomic mass is 32.2. The summed E-state index contributed by atoms with van der Waals surface area (Å²) in [5.74, 6) is -0.0185. The lowest BCUT2D eigenvalue weighted by Gasteiger charge is -2.20. The Morgan fingerprint density at radius 3 is 2.72 bits per heavy atom. The van der Waals surface area contributed by atoms with Crippen LogP contribution in [0.5, 0.6) is 5.75 Å². The van der Waals surface area contributed by atoms with Gasteiger partial charge in [-0.2, -0.15) is 8.42 Å². The summed E-state index contributed by atoms with van der Waals surface area (Å²) in [5, 5.41) is 16.3. The lowest BCUT2D eigenvalue weighted by Crippen LogP contribution is -2.32. The number of aromatic nitrogens is 1. The number of fused-ring (bicyclic) bond motifs is 2. The highest BCUT2D eigenvalue weighted by Crippen LogP contribution is 2.36. The molecule has 0 amide bonds. The first-order chi connectivity index (χ1) is 13.7. The van der Waals surface area contributed by atoms with Gasteiger partial charge in [0.05, 0.1) is 11.1 Å². The minimum atomic E-state index is -3.99. The number of para-hydroxylation sites is 1. The molecule has 7 nitrogen and oxygen atoms in total. The highest BCUT2D eigenvalue weighted by Gasteiger charge is 2.30. The van der Waals surface area contributed by atoms with E-state index in [1.807, 2.05) is 12.3 Å². The summed E-state index contributed by atoms with van der Waals surface area (Å²) in [5.41, 5.74) is 0.563. The molecule has 0 atom stereocenters. The van der Waals surface area contributed by atoms with E-state index in [-0.39, 0.29) is 22.0 Å². The molecule has 4 rings (SSSR count). The van der Waals surface area contributed by atoms with Crippen LogP contribution in [0.3, 0.4) is 0 Å². The van der Waals surface area contributed by atoms with E-state index >= 15 is 0 Å². The third-order valence-electron chi connectivity index (χ3n) is 4.93. The van der Waals surface area contributed by atoms with E-state index in [0.717, 1.165) is 12.0 Å². The van der Waals surface area contributed by atoms with Gasteiger partial charge in [-0.05, 0) is 42.3 Å². The first-order valence-corrected chi connectivity index (χ1v) is 11.6. The largest absolute Gasteiger partial charge is 0.506 e. The molecule has 0 aliphatic carbocycles. The number of nitrogens with zero attached hydrogens (tertiary/aromatic N) is 2. The maximum Gasteiger partial charge on any atom is 0.286 e. The number of rotatable bonds is 4. The third-order valence-corrected chi connectivity index (χ3v) is 7.38. The summed E-state index contributed by atoms with van der Waals surface area (Å²) >= 11 is 1.39. The van der Waals surface area contributed by atoms with Crippen molar-refractivity contribution in [2.45, 2.75) is 38.6 Å². The van der Waals surface area contributed by atoms with Crippen LogP contribution >= 0.6 is 11.3 Å². The Balaban J connectivity index is 1.99. The molecule has 1 aromatic carbocycles. The fourth-order valence-corrected chi connectivity index (χ4v) is 5.60. The fraction of sp³-hybridized carbons (Fsp3) is 0.300. The van der Waals surface area contributed by atoms with Gasteiger partial charge in [0, 0.05) is 6.54 Å². The minimum absolute atomic E-state index is 0.0381. The maximum absolute atomic E-state index is 13.3. The molecule has 1 aliphatic rings. The Kier molecular flexibility index (Phi) is 4.74. The summed E-state index contributed by atoms with van der Waals surface area (Å²) in [6, 6.07) is 6.35. The van der Waals surface area contributed by atoms with Crippen LogP contribution in [0.2, 0.25) is 0 Å². The zero-order valence-electron chi connectivity index (χ0n) is 16.3. The van der Waals surface area contributed by atoms with Crippen molar-refractivity contribution in [1.29, 1.82) is 0 Å². The van der Waals surface area contributed by atoms with Gasteiger partial charge in [0.1, 0.15) is 21.0 Å². The van der Waals surface area contributed by atoms with Gasteiger partial charge >= 0.3 is 0 Å². The van der Waals surface area contributed by atoms with Crippen LogP contribution in [0.1, 0.15) is 31.4 Å². The second-order valence-electron chi connectivity index (χ2n) is 7.50. The Morgan fingerprint density at radius 1 is 1.28 bits per heavy atom. The molecule has 2 N–H and O–H groups in total. The second-order valence-corrected chi connectivity index (χ2v) is 9.93. The van der Waals surface area contributed by atoms with E-state index < -0.39 is 15.6 Å². The van der Waals surface area contributed by atoms with Crippen molar-refractivity contribution in [2.24, 2.45) is 10.3 Å². The predicted molar refractivity (Wildman–Crippen MR) is 116 cm³/mol. The smallest absolute Gasteiger partial charge is 0.286 e. The first kappa shape index (κ1) is 19.7. The van der Waals surface area contributed by atoms with Crippen LogP contribution in [0.15, 0.2) is 43.7 Å². The van der Waals surface area contributed by atoms with Gasteiger partial charge in [0.15, 0.2) is 5.84 Å². The van der Waals surface area contributed by atoms with Gasteiger partial charge in [-0.15, -0.1) is 15.7 Å². The molecule has 152 valence electrons. The van der Waals surface area contributed by atoms with Gasteiger partial charge in [0.2, 0.25) is 0 Å². The van der Waals surface area contributed by atoms with E-state index in [4.69, 9.17) is 0 Å². The van der Waals surface area contributed by atoms with Crippen molar-refractivity contribution in [1.82, 2.24) is 4.57 Å². The third kappa shape index (κ3) is 3.24. The second kappa shape index (κ2) is 7.00.